The van der Waals surface area contributed by atoms with Gasteiger partial charge in [-0.05, 0) is 17.7 Å². The molecule has 0 aliphatic carbocycles. The summed E-state index contributed by atoms with van der Waals surface area (Å²) in [5, 5.41) is 10.5. The molecule has 0 spiro atoms. The minimum atomic E-state index is -1.82. The van der Waals surface area contributed by atoms with Crippen LogP contribution < -0.4 is 5.73 Å². The molecule has 2 N–H and O–H groups in total. The molecule has 0 aromatic heterocycles. The van der Waals surface area contributed by atoms with E-state index in [2.05, 4.69) is 0 Å². The van der Waals surface area contributed by atoms with Gasteiger partial charge in [0.15, 0.2) is 0 Å². The van der Waals surface area contributed by atoms with E-state index in [9.17, 15) is 14.3 Å². The van der Waals surface area contributed by atoms with Gasteiger partial charge in [-0.1, -0.05) is 0 Å². The van der Waals surface area contributed by atoms with E-state index in [1.165, 1.54) is 24.3 Å². The molecule has 0 amide bonds. The van der Waals surface area contributed by atoms with Crippen LogP contribution in [0.25, 0.3) is 0 Å². The third-order valence-corrected chi connectivity index (χ3v) is 3.05. The molecule has 8 heteroatoms. The van der Waals surface area contributed by atoms with Crippen molar-refractivity contribution >= 4 is 17.0 Å². The first kappa shape index (κ1) is 12.1. The maximum Gasteiger partial charge on any atom is 0.305 e. The number of nitro benzene ring substituents is 1. The summed E-state index contributed by atoms with van der Waals surface area (Å²) in [6.07, 6.45) is -0.578. The van der Waals surface area contributed by atoms with Crippen LogP contribution in [0.3, 0.4) is 0 Å². The monoisotopic (exact) mass is 258 g/mol. The Balaban J connectivity index is 2.21. The zero-order chi connectivity index (χ0) is 12.4. The molecule has 7 nitrogen and oxygen atoms in total. The van der Waals surface area contributed by atoms with E-state index in [0.717, 1.165) is 0 Å². The van der Waals surface area contributed by atoms with Crippen LogP contribution in [0, 0.1) is 10.1 Å². The van der Waals surface area contributed by atoms with Gasteiger partial charge in [-0.25, -0.2) is 0 Å². The van der Waals surface area contributed by atoms with Crippen LogP contribution in [-0.4, -0.2) is 21.8 Å². The average molecular weight is 258 g/mol. The van der Waals surface area contributed by atoms with Crippen molar-refractivity contribution in [3.63, 3.8) is 0 Å². The van der Waals surface area contributed by atoms with Gasteiger partial charge in [0.2, 0.25) is 0 Å². The minimum Gasteiger partial charge on any atom is -0.323 e. The van der Waals surface area contributed by atoms with Gasteiger partial charge in [0.25, 0.3) is 5.69 Å². The van der Waals surface area contributed by atoms with Gasteiger partial charge in [-0.2, -0.15) is 4.21 Å². The van der Waals surface area contributed by atoms with Gasteiger partial charge in [-0.3, -0.25) is 18.5 Å². The van der Waals surface area contributed by atoms with Crippen molar-refractivity contribution in [3.05, 3.63) is 39.9 Å². The van der Waals surface area contributed by atoms with Crippen LogP contribution in [0.1, 0.15) is 11.7 Å². The largest absolute Gasteiger partial charge is 0.323 e. The number of non-ortho nitro benzene ring substituents is 1. The molecule has 0 unspecified atom stereocenters. The third kappa shape index (κ3) is 2.67. The molecule has 1 saturated heterocycles. The zero-order valence-corrected chi connectivity index (χ0v) is 9.46. The highest BCUT2D eigenvalue weighted by Crippen LogP contribution is 2.27. The Labute approximate surface area is 99.5 Å². The first-order valence-electron chi connectivity index (χ1n) is 4.80. The summed E-state index contributed by atoms with van der Waals surface area (Å²) in [5.41, 5.74) is 6.37. The second kappa shape index (κ2) is 4.88. The first-order valence-corrected chi connectivity index (χ1v) is 5.80. The fraction of sp³-hybridized carbons (Fsp3) is 0.333. The first-order chi connectivity index (χ1) is 8.08. The topological polar surface area (TPSA) is 105 Å². The van der Waals surface area contributed by atoms with Crippen molar-refractivity contribution < 1.29 is 17.5 Å². The average Bonchev–Trinajstić information content (AvgIpc) is 2.32. The Morgan fingerprint density at radius 3 is 2.65 bits per heavy atom. The van der Waals surface area contributed by atoms with Crippen molar-refractivity contribution in [2.75, 3.05) is 6.61 Å². The van der Waals surface area contributed by atoms with Gasteiger partial charge >= 0.3 is 11.4 Å². The molecule has 2 rings (SSSR count). The van der Waals surface area contributed by atoms with E-state index >= 15 is 0 Å². The molecule has 0 saturated carbocycles. The highest BCUT2D eigenvalue weighted by Gasteiger charge is 2.29. The summed E-state index contributed by atoms with van der Waals surface area (Å²) in [4.78, 5) is 9.99. The van der Waals surface area contributed by atoms with Gasteiger partial charge in [0.1, 0.15) is 6.10 Å². The molecule has 3 atom stereocenters. The van der Waals surface area contributed by atoms with Crippen molar-refractivity contribution in [3.8, 4) is 0 Å². The lowest BCUT2D eigenvalue weighted by atomic mass is 10.0. The van der Waals surface area contributed by atoms with Crippen molar-refractivity contribution in [2.24, 2.45) is 5.73 Å². The van der Waals surface area contributed by atoms with Gasteiger partial charge in [0.05, 0.1) is 17.6 Å². The Hall–Kier alpha value is -1.35. The lowest BCUT2D eigenvalue weighted by Crippen LogP contribution is -2.39. The van der Waals surface area contributed by atoms with Crippen molar-refractivity contribution in [2.45, 2.75) is 12.1 Å². The molecule has 1 aliphatic heterocycles. The Kier molecular flexibility index (Phi) is 3.48. The van der Waals surface area contributed by atoms with E-state index in [-0.39, 0.29) is 12.3 Å². The highest BCUT2D eigenvalue weighted by molar-refractivity contribution is 7.75. The maximum absolute atomic E-state index is 11.1. The van der Waals surface area contributed by atoms with Crippen LogP contribution in [0.5, 0.6) is 0 Å². The normalized spacial score (nSPS) is 28.9. The Morgan fingerprint density at radius 2 is 2.06 bits per heavy atom. The summed E-state index contributed by atoms with van der Waals surface area (Å²) < 4.78 is 20.8. The summed E-state index contributed by atoms with van der Waals surface area (Å²) >= 11 is -1.82. The summed E-state index contributed by atoms with van der Waals surface area (Å²) in [5.74, 6) is 0. The third-order valence-electron chi connectivity index (χ3n) is 2.36. The van der Waals surface area contributed by atoms with E-state index in [1.54, 1.807) is 0 Å². The van der Waals surface area contributed by atoms with E-state index in [4.69, 9.17) is 14.1 Å². The number of nitrogens with zero attached hydrogens (tertiary/aromatic N) is 1. The van der Waals surface area contributed by atoms with Crippen LogP contribution in [-0.2, 0) is 19.7 Å². The predicted molar refractivity (Wildman–Crippen MR) is 59.0 cm³/mol. The minimum absolute atomic E-state index is 0.0181. The lowest BCUT2D eigenvalue weighted by Gasteiger charge is -2.27. The summed E-state index contributed by atoms with van der Waals surface area (Å²) in [7, 11) is 0. The maximum atomic E-state index is 11.1. The molecule has 92 valence electrons. The number of nitrogens with two attached hydrogens (primary N) is 1. The zero-order valence-electron chi connectivity index (χ0n) is 8.65. The Bertz CT molecular complexity index is 449. The number of rotatable bonds is 2. The fourth-order valence-corrected chi connectivity index (χ4v) is 2.24. The number of nitro groups is 1. The lowest BCUT2D eigenvalue weighted by molar-refractivity contribution is -0.384. The van der Waals surface area contributed by atoms with Crippen LogP contribution in [0.4, 0.5) is 5.69 Å². The van der Waals surface area contributed by atoms with Gasteiger partial charge < -0.3 is 5.73 Å². The van der Waals surface area contributed by atoms with Gasteiger partial charge in [0, 0.05) is 12.1 Å². The SMILES string of the molecule is N[C@@H]1CO[S@@](=O)O[C@H]1c1ccc([N+](=O)[O-])cc1. The molecule has 17 heavy (non-hydrogen) atoms. The molecule has 1 aromatic rings. The number of benzene rings is 1. The second-order valence-electron chi connectivity index (χ2n) is 3.52. The van der Waals surface area contributed by atoms with E-state index in [1.807, 2.05) is 0 Å². The Morgan fingerprint density at radius 1 is 1.41 bits per heavy atom. The predicted octanol–water partition coefficient (Wildman–Crippen LogP) is 0.589. The fourth-order valence-electron chi connectivity index (χ4n) is 1.49. The molecular weight excluding hydrogens is 248 g/mol. The molecule has 1 heterocycles. The number of hydrogen-bond donors (Lipinski definition) is 1. The van der Waals surface area contributed by atoms with Crippen LogP contribution in [0.2, 0.25) is 0 Å². The number of hydrogen-bond acceptors (Lipinski definition) is 6. The summed E-state index contributed by atoms with van der Waals surface area (Å²) in [6.45, 7) is 0.119. The van der Waals surface area contributed by atoms with E-state index in [0.29, 0.717) is 5.56 Å². The smallest absolute Gasteiger partial charge is 0.305 e. The van der Waals surface area contributed by atoms with E-state index < -0.39 is 28.4 Å². The molecule has 0 radical (unpaired) electrons. The van der Waals surface area contributed by atoms with Crippen molar-refractivity contribution in [1.82, 2.24) is 0 Å². The van der Waals surface area contributed by atoms with Crippen LogP contribution >= 0.6 is 0 Å². The summed E-state index contributed by atoms with van der Waals surface area (Å²) in [6, 6.07) is 5.32. The quantitative estimate of drug-likeness (QED) is 0.614. The second-order valence-corrected chi connectivity index (χ2v) is 4.35. The molecule has 1 fully saturated rings. The van der Waals surface area contributed by atoms with Gasteiger partial charge in [-0.15, -0.1) is 0 Å². The molecule has 1 aliphatic rings. The molecular formula is C9H10N2O5S. The van der Waals surface area contributed by atoms with Crippen LogP contribution in [0.15, 0.2) is 24.3 Å². The highest BCUT2D eigenvalue weighted by atomic mass is 32.2. The molecule has 1 aromatic carbocycles. The standard InChI is InChI=1S/C9H10N2O5S/c10-8-5-15-17(14)16-9(8)6-1-3-7(4-2-6)11(12)13/h1-4,8-9H,5,10H2/t8-,9+,17-/m1/s1. The van der Waals surface area contributed by atoms with Crippen molar-refractivity contribution in [1.29, 1.82) is 0 Å². The molecule has 0 bridgehead atoms.